The quantitative estimate of drug-likeness (QED) is 0.358. The first-order valence-electron chi connectivity index (χ1n) is 11.1. The van der Waals surface area contributed by atoms with E-state index in [1.54, 1.807) is 6.07 Å². The van der Waals surface area contributed by atoms with Gasteiger partial charge in [0.25, 0.3) is 0 Å². The fourth-order valence-electron chi connectivity index (χ4n) is 4.32. The first-order valence-corrected chi connectivity index (χ1v) is 11.9. The van der Waals surface area contributed by atoms with E-state index >= 15 is 0 Å². The topological polar surface area (TPSA) is 114 Å². The van der Waals surface area contributed by atoms with E-state index < -0.39 is 12.1 Å². The summed E-state index contributed by atoms with van der Waals surface area (Å²) in [6.07, 6.45) is 5.07. The number of carbonyl (C=O) groups is 1. The molecule has 0 unspecified atom stereocenters. The minimum Gasteiger partial charge on any atom is -0.506 e. The summed E-state index contributed by atoms with van der Waals surface area (Å²) >= 11 is 0.950. The van der Waals surface area contributed by atoms with Crippen LogP contribution in [0.4, 0.5) is 0 Å². The van der Waals surface area contributed by atoms with Gasteiger partial charge >= 0.3 is 4.87 Å². The molecule has 1 aliphatic carbocycles. The number of nitrogens with one attached hydrogen (secondary N) is 3. The van der Waals surface area contributed by atoms with Crippen LogP contribution in [-0.2, 0) is 11.2 Å². The number of phenols is 1. The van der Waals surface area contributed by atoms with E-state index in [0.29, 0.717) is 22.2 Å². The molecule has 7 nitrogen and oxygen atoms in total. The number of hydrogen-bond donors (Lipinski definition) is 5. The zero-order chi connectivity index (χ0) is 22.5. The lowest BCUT2D eigenvalue weighted by Crippen LogP contribution is -2.50. The number of carbonyl (C=O) groups excluding carboxylic acids is 1. The highest BCUT2D eigenvalue weighted by molar-refractivity contribution is 7.16. The van der Waals surface area contributed by atoms with Crippen molar-refractivity contribution in [2.24, 2.45) is 0 Å². The smallest absolute Gasteiger partial charge is 0.305 e. The number of amides is 1. The van der Waals surface area contributed by atoms with Crippen molar-refractivity contribution in [3.8, 4) is 5.75 Å². The molecule has 8 heteroatoms. The van der Waals surface area contributed by atoms with Crippen molar-refractivity contribution in [2.45, 2.75) is 56.7 Å². The Morgan fingerprint density at radius 2 is 1.88 bits per heavy atom. The molecule has 2 aromatic carbocycles. The van der Waals surface area contributed by atoms with Gasteiger partial charge in [-0.05, 0) is 30.9 Å². The highest BCUT2D eigenvalue weighted by Crippen LogP contribution is 2.31. The molecule has 2 atom stereocenters. The van der Waals surface area contributed by atoms with Crippen LogP contribution >= 0.6 is 11.3 Å². The van der Waals surface area contributed by atoms with Gasteiger partial charge in [0.2, 0.25) is 5.91 Å². The van der Waals surface area contributed by atoms with Gasteiger partial charge in [-0.15, -0.1) is 0 Å². The summed E-state index contributed by atoms with van der Waals surface area (Å²) in [6.45, 7) is 0.140. The summed E-state index contributed by atoms with van der Waals surface area (Å²) in [4.78, 5) is 27.2. The van der Waals surface area contributed by atoms with Crippen molar-refractivity contribution in [2.75, 3.05) is 6.54 Å². The van der Waals surface area contributed by atoms with Crippen LogP contribution in [0.15, 0.2) is 47.3 Å². The molecule has 0 spiro atoms. The van der Waals surface area contributed by atoms with Gasteiger partial charge in [-0.1, -0.05) is 67.0 Å². The van der Waals surface area contributed by atoms with Crippen LogP contribution in [0, 0.1) is 0 Å². The van der Waals surface area contributed by atoms with Gasteiger partial charge in [0.1, 0.15) is 11.3 Å². The van der Waals surface area contributed by atoms with Gasteiger partial charge in [0, 0.05) is 18.2 Å². The maximum atomic E-state index is 13.1. The van der Waals surface area contributed by atoms with E-state index in [9.17, 15) is 19.8 Å². The maximum Gasteiger partial charge on any atom is 0.305 e. The molecule has 170 valence electrons. The number of aromatic amines is 1. The zero-order valence-corrected chi connectivity index (χ0v) is 18.7. The van der Waals surface area contributed by atoms with E-state index in [0.717, 1.165) is 42.6 Å². The summed E-state index contributed by atoms with van der Waals surface area (Å²) in [6, 6.07) is 12.6. The van der Waals surface area contributed by atoms with Gasteiger partial charge in [0.15, 0.2) is 0 Å². The van der Waals surface area contributed by atoms with Gasteiger partial charge in [-0.3, -0.25) is 9.59 Å². The van der Waals surface area contributed by atoms with Crippen LogP contribution in [0.3, 0.4) is 0 Å². The number of aliphatic hydroxyl groups excluding tert-OH is 1. The van der Waals surface area contributed by atoms with Crippen molar-refractivity contribution in [3.63, 3.8) is 0 Å². The fraction of sp³-hybridized carbons (Fsp3) is 0.417. The Kier molecular flexibility index (Phi) is 7.24. The van der Waals surface area contributed by atoms with Crippen LogP contribution in [0.1, 0.15) is 49.3 Å². The number of aromatic nitrogens is 1. The van der Waals surface area contributed by atoms with Gasteiger partial charge in [0.05, 0.1) is 16.8 Å². The molecule has 1 fully saturated rings. The first kappa shape index (κ1) is 22.5. The molecule has 4 rings (SSSR count). The summed E-state index contributed by atoms with van der Waals surface area (Å²) in [5.41, 5.74) is 1.90. The van der Waals surface area contributed by atoms with Gasteiger partial charge in [-0.25, -0.2) is 0 Å². The molecular weight excluding hydrogens is 426 g/mol. The third-order valence-electron chi connectivity index (χ3n) is 6.06. The number of thiazole rings is 1. The van der Waals surface area contributed by atoms with Crippen LogP contribution in [0.5, 0.6) is 5.75 Å². The van der Waals surface area contributed by atoms with E-state index in [2.05, 4.69) is 15.6 Å². The molecule has 0 bridgehead atoms. The van der Waals surface area contributed by atoms with Gasteiger partial charge in [-0.2, -0.15) is 0 Å². The number of benzene rings is 2. The summed E-state index contributed by atoms with van der Waals surface area (Å²) < 4.78 is 0.524. The fourth-order valence-corrected chi connectivity index (χ4v) is 5.24. The Hall–Kier alpha value is -2.68. The Morgan fingerprint density at radius 3 is 2.62 bits per heavy atom. The molecule has 1 amide bonds. The molecular formula is C24H29N3O4S. The highest BCUT2D eigenvalue weighted by atomic mass is 32.1. The maximum absolute atomic E-state index is 13.1. The molecule has 0 saturated heterocycles. The van der Waals surface area contributed by atoms with E-state index in [1.807, 2.05) is 30.3 Å². The average molecular weight is 456 g/mol. The largest absolute Gasteiger partial charge is 0.506 e. The molecule has 1 heterocycles. The predicted octanol–water partition coefficient (Wildman–Crippen LogP) is 2.98. The van der Waals surface area contributed by atoms with Crippen molar-refractivity contribution in [1.82, 2.24) is 15.6 Å². The number of aromatic hydroxyl groups is 1. The van der Waals surface area contributed by atoms with Crippen molar-refractivity contribution >= 4 is 27.5 Å². The lowest BCUT2D eigenvalue weighted by atomic mass is 9.95. The number of aliphatic hydroxyl groups is 1. The molecule has 32 heavy (non-hydrogen) atoms. The average Bonchev–Trinajstić information content (AvgIpc) is 3.20. The summed E-state index contributed by atoms with van der Waals surface area (Å²) in [7, 11) is 0. The SMILES string of the molecule is O=C(NC1CCCCC1)[C@H](Cc1ccccc1)NC[C@H](O)c1ccc(O)c2[nH]c(=O)sc12. The van der Waals surface area contributed by atoms with Crippen LogP contribution in [0.2, 0.25) is 0 Å². The van der Waals surface area contributed by atoms with Crippen molar-refractivity contribution < 1.29 is 15.0 Å². The third-order valence-corrected chi connectivity index (χ3v) is 6.99. The second-order valence-electron chi connectivity index (χ2n) is 8.40. The Labute approximate surface area is 190 Å². The predicted molar refractivity (Wildman–Crippen MR) is 126 cm³/mol. The number of rotatable bonds is 8. The molecule has 1 aliphatic rings. The number of H-pyrrole nitrogens is 1. The van der Waals surface area contributed by atoms with Crippen molar-refractivity contribution in [3.05, 3.63) is 63.3 Å². The second-order valence-corrected chi connectivity index (χ2v) is 9.39. The lowest BCUT2D eigenvalue weighted by Gasteiger charge is -2.27. The molecule has 1 aromatic heterocycles. The molecule has 5 N–H and O–H groups in total. The molecule has 0 aliphatic heterocycles. The lowest BCUT2D eigenvalue weighted by molar-refractivity contribution is -0.124. The Morgan fingerprint density at radius 1 is 1.12 bits per heavy atom. The summed E-state index contributed by atoms with van der Waals surface area (Å²) in [5.74, 6) is -0.0915. The number of phenolic OH excluding ortho intramolecular Hbond substituents is 1. The second kappa shape index (κ2) is 10.3. The van der Waals surface area contributed by atoms with Crippen LogP contribution < -0.4 is 15.5 Å². The monoisotopic (exact) mass is 455 g/mol. The van der Waals surface area contributed by atoms with E-state index in [4.69, 9.17) is 0 Å². The standard InChI is InChI=1S/C24H29N3O4S/c28-19-12-11-17(22-21(19)27-24(31)32-22)20(29)14-25-18(13-15-7-3-1-4-8-15)23(30)26-16-9-5-2-6-10-16/h1,3-4,7-8,11-12,16,18,20,25,28-29H,2,5-6,9-10,13-14H2,(H,26,30)(H,27,31)/t18-,20-/m0/s1. The van der Waals surface area contributed by atoms with Crippen LogP contribution in [-0.4, -0.2) is 39.7 Å². The molecule has 0 radical (unpaired) electrons. The molecule has 1 saturated carbocycles. The first-order chi connectivity index (χ1) is 15.5. The number of hydrogen-bond acceptors (Lipinski definition) is 6. The third kappa shape index (κ3) is 5.38. The Balaban J connectivity index is 1.48. The highest BCUT2D eigenvalue weighted by Gasteiger charge is 2.24. The minimum atomic E-state index is -0.940. The van der Waals surface area contributed by atoms with E-state index in [-0.39, 0.29) is 29.1 Å². The normalized spacial score (nSPS) is 16.7. The Bertz CT molecular complexity index is 1110. The van der Waals surface area contributed by atoms with Crippen LogP contribution in [0.25, 0.3) is 10.2 Å². The summed E-state index contributed by atoms with van der Waals surface area (Å²) in [5, 5.41) is 27.3. The number of fused-ring (bicyclic) bond motifs is 1. The van der Waals surface area contributed by atoms with Crippen molar-refractivity contribution in [1.29, 1.82) is 0 Å². The molecule has 3 aromatic rings. The van der Waals surface area contributed by atoms with E-state index in [1.165, 1.54) is 12.5 Å². The zero-order valence-electron chi connectivity index (χ0n) is 17.8. The minimum absolute atomic E-state index is 0.0314. The van der Waals surface area contributed by atoms with Gasteiger partial charge < -0.3 is 25.8 Å².